The minimum absolute atomic E-state index is 0.235. The normalized spacial score (nSPS) is 20.6. The lowest BCUT2D eigenvalue weighted by Crippen LogP contribution is -2.48. The monoisotopic (exact) mass is 330 g/mol. The Labute approximate surface area is 145 Å². The Hall–Kier alpha value is -1.59. The molecule has 0 unspecified atom stereocenters. The molecule has 1 saturated carbocycles. The number of benzene rings is 1. The Morgan fingerprint density at radius 2 is 1.79 bits per heavy atom. The molecule has 3 rings (SSSR count). The van der Waals surface area contributed by atoms with Crippen molar-refractivity contribution < 1.29 is 4.79 Å². The van der Waals surface area contributed by atoms with E-state index in [1.807, 2.05) is 0 Å². The number of hydrogen-bond acceptors (Lipinski definition) is 4. The number of amides is 1. The Bertz CT molecular complexity index is 545. The van der Waals surface area contributed by atoms with Crippen LogP contribution in [0.1, 0.15) is 24.4 Å². The molecule has 132 valence electrons. The topological polar surface area (TPSA) is 38.8 Å². The van der Waals surface area contributed by atoms with Crippen LogP contribution in [0.5, 0.6) is 0 Å². The Morgan fingerprint density at radius 1 is 1.17 bits per heavy atom. The summed E-state index contributed by atoms with van der Waals surface area (Å²) in [4.78, 5) is 19.1. The predicted octanol–water partition coefficient (Wildman–Crippen LogP) is 1.57. The van der Waals surface area contributed by atoms with Crippen molar-refractivity contribution in [2.24, 2.45) is 5.92 Å². The molecule has 1 aromatic rings. The lowest BCUT2D eigenvalue weighted by molar-refractivity contribution is -0.122. The smallest absolute Gasteiger partial charge is 0.223 e. The van der Waals surface area contributed by atoms with Crippen LogP contribution in [0.2, 0.25) is 0 Å². The highest BCUT2D eigenvalue weighted by Gasteiger charge is 2.31. The zero-order valence-electron chi connectivity index (χ0n) is 15.2. The highest BCUT2D eigenvalue weighted by Crippen LogP contribution is 2.29. The molecule has 1 heterocycles. The zero-order chi connectivity index (χ0) is 17.1. The third-order valence-corrected chi connectivity index (χ3v) is 5.19. The molecule has 1 aliphatic heterocycles. The summed E-state index contributed by atoms with van der Waals surface area (Å²) in [6.45, 7) is 4.98. The fourth-order valence-corrected chi connectivity index (χ4v) is 3.27. The number of hydrogen-bond donors (Lipinski definition) is 1. The van der Waals surface area contributed by atoms with Gasteiger partial charge in [-0.1, -0.05) is 12.1 Å². The fraction of sp³-hybridized carbons (Fsp3) is 0.632. The summed E-state index contributed by atoms with van der Waals surface area (Å²) in [5.74, 6) is 0.508. The number of nitrogens with one attached hydrogen (secondary N) is 1. The number of piperazine rings is 1. The quantitative estimate of drug-likeness (QED) is 0.859. The van der Waals surface area contributed by atoms with Gasteiger partial charge in [-0.2, -0.15) is 0 Å². The average molecular weight is 330 g/mol. The van der Waals surface area contributed by atoms with Crippen molar-refractivity contribution in [3.63, 3.8) is 0 Å². The minimum Gasteiger partial charge on any atom is -0.378 e. The second kappa shape index (κ2) is 7.53. The van der Waals surface area contributed by atoms with Crippen LogP contribution in [-0.2, 0) is 4.79 Å². The maximum absolute atomic E-state index is 12.1. The van der Waals surface area contributed by atoms with Gasteiger partial charge >= 0.3 is 0 Å². The van der Waals surface area contributed by atoms with Crippen molar-refractivity contribution in [2.75, 3.05) is 58.8 Å². The van der Waals surface area contributed by atoms with Crippen molar-refractivity contribution in [2.45, 2.75) is 18.9 Å². The first-order valence-corrected chi connectivity index (χ1v) is 9.02. The van der Waals surface area contributed by atoms with Gasteiger partial charge in [0.15, 0.2) is 0 Å². The van der Waals surface area contributed by atoms with Crippen LogP contribution in [0, 0.1) is 5.92 Å². The number of nitrogens with zero attached hydrogens (tertiary/aromatic N) is 3. The molecular weight excluding hydrogens is 300 g/mol. The van der Waals surface area contributed by atoms with Crippen LogP contribution in [0.25, 0.3) is 0 Å². The lowest BCUT2D eigenvalue weighted by atomic mass is 10.0. The van der Waals surface area contributed by atoms with Crippen molar-refractivity contribution in [3.8, 4) is 0 Å². The molecule has 5 heteroatoms. The van der Waals surface area contributed by atoms with E-state index >= 15 is 0 Å². The van der Waals surface area contributed by atoms with Gasteiger partial charge in [-0.3, -0.25) is 9.69 Å². The van der Waals surface area contributed by atoms with E-state index in [2.05, 4.69) is 65.4 Å². The molecule has 5 nitrogen and oxygen atoms in total. The fourth-order valence-electron chi connectivity index (χ4n) is 3.27. The number of carbonyl (C=O) groups excluding carboxylic acids is 1. The third-order valence-electron chi connectivity index (χ3n) is 5.19. The van der Waals surface area contributed by atoms with Crippen molar-refractivity contribution in [1.29, 1.82) is 0 Å². The van der Waals surface area contributed by atoms with Gasteiger partial charge in [0.1, 0.15) is 0 Å². The van der Waals surface area contributed by atoms with E-state index in [0.29, 0.717) is 6.54 Å². The molecular formula is C19H30N4O. The van der Waals surface area contributed by atoms with Gasteiger partial charge in [0.25, 0.3) is 0 Å². The summed E-state index contributed by atoms with van der Waals surface area (Å²) < 4.78 is 0. The van der Waals surface area contributed by atoms with Crippen LogP contribution in [0.15, 0.2) is 24.3 Å². The molecule has 1 atom stereocenters. The van der Waals surface area contributed by atoms with Gasteiger partial charge in [-0.05, 0) is 37.6 Å². The van der Waals surface area contributed by atoms with E-state index < -0.39 is 0 Å². The van der Waals surface area contributed by atoms with Crippen LogP contribution in [0.4, 0.5) is 5.69 Å². The predicted molar refractivity (Wildman–Crippen MR) is 98.3 cm³/mol. The largest absolute Gasteiger partial charge is 0.378 e. The summed E-state index contributed by atoms with van der Waals surface area (Å²) in [6.07, 6.45) is 2.12. The van der Waals surface area contributed by atoms with Gasteiger partial charge in [-0.25, -0.2) is 0 Å². The van der Waals surface area contributed by atoms with Gasteiger partial charge < -0.3 is 15.1 Å². The molecule has 1 amide bonds. The van der Waals surface area contributed by atoms with Gasteiger partial charge in [0.2, 0.25) is 5.91 Å². The van der Waals surface area contributed by atoms with Crippen LogP contribution >= 0.6 is 0 Å². The molecule has 0 spiro atoms. The Kier molecular flexibility index (Phi) is 5.41. The molecule has 1 saturated heterocycles. The maximum atomic E-state index is 12.1. The van der Waals surface area contributed by atoms with E-state index in [1.165, 1.54) is 11.3 Å². The summed E-state index contributed by atoms with van der Waals surface area (Å²) in [5, 5.41) is 3.18. The summed E-state index contributed by atoms with van der Waals surface area (Å²) in [7, 11) is 6.29. The van der Waals surface area contributed by atoms with Crippen LogP contribution in [0.3, 0.4) is 0 Å². The molecule has 0 bridgehead atoms. The average Bonchev–Trinajstić information content (AvgIpc) is 3.42. The SMILES string of the molecule is CN1CCN([C@H](CNC(=O)C2CC2)c2ccc(N(C)C)cc2)CC1. The highest BCUT2D eigenvalue weighted by atomic mass is 16.2. The van der Waals surface area contributed by atoms with Crippen molar-refractivity contribution >= 4 is 11.6 Å². The van der Waals surface area contributed by atoms with E-state index in [9.17, 15) is 4.79 Å². The van der Waals surface area contributed by atoms with Gasteiger partial charge in [0, 0.05) is 58.4 Å². The number of likely N-dealkylation sites (N-methyl/N-ethyl adjacent to an activating group) is 1. The first-order chi connectivity index (χ1) is 11.5. The van der Waals surface area contributed by atoms with Crippen molar-refractivity contribution in [1.82, 2.24) is 15.1 Å². The third kappa shape index (κ3) is 4.28. The van der Waals surface area contributed by atoms with Crippen LogP contribution in [-0.4, -0.2) is 69.6 Å². The zero-order valence-corrected chi connectivity index (χ0v) is 15.2. The number of rotatable bonds is 6. The summed E-state index contributed by atoms with van der Waals surface area (Å²) in [6, 6.07) is 9.02. The molecule has 2 fully saturated rings. The lowest BCUT2D eigenvalue weighted by Gasteiger charge is -2.38. The number of carbonyl (C=O) groups is 1. The second-order valence-corrected chi connectivity index (χ2v) is 7.36. The van der Waals surface area contributed by atoms with Gasteiger partial charge in [-0.15, -0.1) is 0 Å². The molecule has 1 N–H and O–H groups in total. The van der Waals surface area contributed by atoms with E-state index in [1.54, 1.807) is 0 Å². The van der Waals surface area contributed by atoms with E-state index in [0.717, 1.165) is 39.0 Å². The van der Waals surface area contributed by atoms with Crippen molar-refractivity contribution in [3.05, 3.63) is 29.8 Å². The molecule has 1 aromatic carbocycles. The summed E-state index contributed by atoms with van der Waals surface area (Å²) >= 11 is 0. The Balaban J connectivity index is 1.71. The molecule has 0 aromatic heterocycles. The molecule has 24 heavy (non-hydrogen) atoms. The minimum atomic E-state index is 0.235. The summed E-state index contributed by atoms with van der Waals surface area (Å²) in [5.41, 5.74) is 2.50. The molecule has 1 aliphatic carbocycles. The van der Waals surface area contributed by atoms with Gasteiger partial charge in [0.05, 0.1) is 6.04 Å². The first-order valence-electron chi connectivity index (χ1n) is 9.02. The van der Waals surface area contributed by atoms with E-state index in [4.69, 9.17) is 0 Å². The highest BCUT2D eigenvalue weighted by molar-refractivity contribution is 5.80. The van der Waals surface area contributed by atoms with Crippen LogP contribution < -0.4 is 10.2 Å². The Morgan fingerprint density at radius 3 is 2.33 bits per heavy atom. The maximum Gasteiger partial charge on any atom is 0.223 e. The number of anilines is 1. The molecule has 0 radical (unpaired) electrons. The standard InChI is InChI=1S/C19H30N4O/c1-21(2)17-8-6-15(7-9-17)18(14-20-19(24)16-4-5-16)23-12-10-22(3)11-13-23/h6-9,16,18H,4-5,10-14H2,1-3H3,(H,20,24)/t18-/m1/s1. The van der Waals surface area contributed by atoms with E-state index in [-0.39, 0.29) is 17.9 Å². The first kappa shape index (κ1) is 17.2. The second-order valence-electron chi connectivity index (χ2n) is 7.36. The molecule has 2 aliphatic rings.